The maximum atomic E-state index is 13.2. The van der Waals surface area contributed by atoms with Crippen molar-refractivity contribution in [1.29, 1.82) is 0 Å². The number of esters is 1. The molecule has 1 unspecified atom stereocenters. The Labute approximate surface area is 203 Å². The SMILES string of the molecule is CCOC(=O)c1cnn(-c2ccc3ccccc3n2)c1NC(=O)C(C)Oc1ccccc1C(C)C. The van der Waals surface area contributed by atoms with Gasteiger partial charge < -0.3 is 14.8 Å². The van der Waals surface area contributed by atoms with Crippen LogP contribution in [-0.4, -0.2) is 39.4 Å². The largest absolute Gasteiger partial charge is 0.481 e. The summed E-state index contributed by atoms with van der Waals surface area (Å²) in [5, 5.41) is 8.10. The number of carbonyl (C=O) groups excluding carboxylic acids is 2. The smallest absolute Gasteiger partial charge is 0.343 e. The van der Waals surface area contributed by atoms with Crippen LogP contribution in [0.2, 0.25) is 0 Å². The summed E-state index contributed by atoms with van der Waals surface area (Å²) in [5.41, 5.74) is 1.90. The summed E-state index contributed by atoms with van der Waals surface area (Å²) in [5.74, 6) is 0.472. The molecule has 2 aromatic carbocycles. The van der Waals surface area contributed by atoms with Crippen LogP contribution in [0.5, 0.6) is 5.75 Å². The van der Waals surface area contributed by atoms with Gasteiger partial charge in [0.2, 0.25) is 0 Å². The number of nitrogens with zero attached hydrogens (tertiary/aromatic N) is 3. The standard InChI is InChI=1S/C27H28N4O4/c1-5-34-27(33)21-16-28-31(24-15-14-19-10-6-8-12-22(19)29-24)25(21)30-26(32)18(4)35-23-13-9-7-11-20(23)17(2)3/h6-18H,5H2,1-4H3,(H,30,32). The van der Waals surface area contributed by atoms with Crippen molar-refractivity contribution in [3.8, 4) is 11.6 Å². The molecule has 0 saturated heterocycles. The zero-order valence-corrected chi connectivity index (χ0v) is 20.2. The normalized spacial score (nSPS) is 11.9. The van der Waals surface area contributed by atoms with Crippen LogP contribution in [0.3, 0.4) is 0 Å². The first-order valence-corrected chi connectivity index (χ1v) is 11.6. The van der Waals surface area contributed by atoms with Crippen LogP contribution in [0.15, 0.2) is 66.9 Å². The van der Waals surface area contributed by atoms with Crippen molar-refractivity contribution in [2.24, 2.45) is 0 Å². The Morgan fingerprint density at radius 3 is 2.51 bits per heavy atom. The third-order valence-corrected chi connectivity index (χ3v) is 5.52. The maximum Gasteiger partial charge on any atom is 0.343 e. The number of aromatic nitrogens is 3. The predicted octanol–water partition coefficient (Wildman–Crippen LogP) is 5.13. The Morgan fingerprint density at radius 1 is 1.00 bits per heavy atom. The Morgan fingerprint density at radius 2 is 1.74 bits per heavy atom. The van der Waals surface area contributed by atoms with E-state index in [-0.39, 0.29) is 23.9 Å². The molecule has 1 atom stereocenters. The van der Waals surface area contributed by atoms with E-state index < -0.39 is 18.0 Å². The molecule has 0 radical (unpaired) electrons. The van der Waals surface area contributed by atoms with E-state index in [0.29, 0.717) is 11.6 Å². The zero-order valence-electron chi connectivity index (χ0n) is 20.2. The first kappa shape index (κ1) is 23.9. The average molecular weight is 473 g/mol. The number of pyridine rings is 1. The summed E-state index contributed by atoms with van der Waals surface area (Å²) >= 11 is 0. The van der Waals surface area contributed by atoms with E-state index in [4.69, 9.17) is 9.47 Å². The number of ether oxygens (including phenoxy) is 2. The molecule has 8 nitrogen and oxygen atoms in total. The van der Waals surface area contributed by atoms with Gasteiger partial charge >= 0.3 is 5.97 Å². The number of carbonyl (C=O) groups is 2. The van der Waals surface area contributed by atoms with Crippen molar-refractivity contribution < 1.29 is 19.1 Å². The summed E-state index contributed by atoms with van der Waals surface area (Å²) in [6.45, 7) is 7.69. The fourth-order valence-corrected chi connectivity index (χ4v) is 3.70. The first-order valence-electron chi connectivity index (χ1n) is 11.6. The fourth-order valence-electron chi connectivity index (χ4n) is 3.70. The van der Waals surface area contributed by atoms with Gasteiger partial charge in [0, 0.05) is 5.39 Å². The van der Waals surface area contributed by atoms with E-state index >= 15 is 0 Å². The second kappa shape index (κ2) is 10.4. The van der Waals surface area contributed by atoms with Gasteiger partial charge in [-0.3, -0.25) is 4.79 Å². The zero-order chi connectivity index (χ0) is 24.9. The molecule has 2 heterocycles. The number of hydrogen-bond acceptors (Lipinski definition) is 6. The lowest BCUT2D eigenvalue weighted by atomic mass is 10.0. The van der Waals surface area contributed by atoms with Gasteiger partial charge in [0.15, 0.2) is 17.7 Å². The van der Waals surface area contributed by atoms with E-state index in [1.807, 2.05) is 54.6 Å². The lowest BCUT2D eigenvalue weighted by Gasteiger charge is -2.19. The first-order chi connectivity index (χ1) is 16.9. The molecule has 0 fully saturated rings. The van der Waals surface area contributed by atoms with Crippen LogP contribution >= 0.6 is 0 Å². The molecule has 2 aromatic heterocycles. The lowest BCUT2D eigenvalue weighted by molar-refractivity contribution is -0.122. The van der Waals surface area contributed by atoms with Crippen LogP contribution in [0.1, 0.15) is 49.5 Å². The number of para-hydroxylation sites is 2. The fraction of sp³-hybridized carbons (Fsp3) is 0.259. The summed E-state index contributed by atoms with van der Waals surface area (Å²) in [6.07, 6.45) is 0.530. The quantitative estimate of drug-likeness (QED) is 0.357. The Hall–Kier alpha value is -4.20. The molecule has 0 spiro atoms. The Kier molecular flexibility index (Phi) is 7.10. The highest BCUT2D eigenvalue weighted by Crippen LogP contribution is 2.27. The summed E-state index contributed by atoms with van der Waals surface area (Å²) in [6, 6.07) is 19.0. The molecular weight excluding hydrogens is 444 g/mol. The van der Waals surface area contributed by atoms with Crippen LogP contribution in [0.4, 0.5) is 5.82 Å². The molecule has 0 aliphatic heterocycles. The van der Waals surface area contributed by atoms with Crippen molar-refractivity contribution in [1.82, 2.24) is 14.8 Å². The predicted molar refractivity (Wildman–Crippen MR) is 134 cm³/mol. The van der Waals surface area contributed by atoms with Crippen LogP contribution in [0, 0.1) is 0 Å². The van der Waals surface area contributed by atoms with Gasteiger partial charge in [0.05, 0.1) is 18.3 Å². The number of hydrogen-bond donors (Lipinski definition) is 1. The molecule has 0 aliphatic carbocycles. The highest BCUT2D eigenvalue weighted by molar-refractivity contribution is 6.01. The molecular formula is C27H28N4O4. The van der Waals surface area contributed by atoms with Crippen LogP contribution in [-0.2, 0) is 9.53 Å². The van der Waals surface area contributed by atoms with Crippen LogP contribution < -0.4 is 10.1 Å². The van der Waals surface area contributed by atoms with Gasteiger partial charge in [-0.25, -0.2) is 9.78 Å². The summed E-state index contributed by atoms with van der Waals surface area (Å²) < 4.78 is 12.6. The number of rotatable bonds is 8. The molecule has 0 bridgehead atoms. The molecule has 0 saturated carbocycles. The summed E-state index contributed by atoms with van der Waals surface area (Å²) in [7, 11) is 0. The van der Waals surface area contributed by atoms with E-state index in [1.165, 1.54) is 10.9 Å². The minimum Gasteiger partial charge on any atom is -0.481 e. The van der Waals surface area contributed by atoms with Gasteiger partial charge in [0.1, 0.15) is 11.3 Å². The van der Waals surface area contributed by atoms with Gasteiger partial charge in [-0.2, -0.15) is 9.78 Å². The van der Waals surface area contributed by atoms with E-state index in [0.717, 1.165) is 16.5 Å². The van der Waals surface area contributed by atoms with Crippen molar-refractivity contribution in [3.63, 3.8) is 0 Å². The molecule has 0 aliphatic rings. The molecule has 4 rings (SSSR count). The van der Waals surface area contributed by atoms with E-state index in [9.17, 15) is 9.59 Å². The van der Waals surface area contributed by atoms with E-state index in [1.54, 1.807) is 19.9 Å². The minimum absolute atomic E-state index is 0.130. The van der Waals surface area contributed by atoms with Crippen molar-refractivity contribution in [2.75, 3.05) is 11.9 Å². The molecule has 1 amide bonds. The monoisotopic (exact) mass is 472 g/mol. The highest BCUT2D eigenvalue weighted by atomic mass is 16.5. The molecule has 1 N–H and O–H groups in total. The maximum absolute atomic E-state index is 13.2. The average Bonchev–Trinajstić information content (AvgIpc) is 3.27. The summed E-state index contributed by atoms with van der Waals surface area (Å²) in [4.78, 5) is 30.4. The van der Waals surface area contributed by atoms with Crippen molar-refractivity contribution >= 4 is 28.6 Å². The number of anilines is 1. The topological polar surface area (TPSA) is 95.3 Å². The Balaban J connectivity index is 1.66. The molecule has 8 heteroatoms. The van der Waals surface area contributed by atoms with Gasteiger partial charge in [-0.1, -0.05) is 50.2 Å². The van der Waals surface area contributed by atoms with Crippen molar-refractivity contribution in [3.05, 3.63) is 78.0 Å². The molecule has 35 heavy (non-hydrogen) atoms. The Bertz CT molecular complexity index is 1360. The minimum atomic E-state index is -0.835. The van der Waals surface area contributed by atoms with Gasteiger partial charge in [-0.15, -0.1) is 0 Å². The van der Waals surface area contributed by atoms with Gasteiger partial charge in [-0.05, 0) is 49.6 Å². The van der Waals surface area contributed by atoms with Crippen LogP contribution in [0.25, 0.3) is 16.7 Å². The van der Waals surface area contributed by atoms with E-state index in [2.05, 4.69) is 29.2 Å². The number of nitrogens with one attached hydrogen (secondary N) is 1. The van der Waals surface area contributed by atoms with Gasteiger partial charge in [0.25, 0.3) is 5.91 Å². The third-order valence-electron chi connectivity index (χ3n) is 5.52. The third kappa shape index (κ3) is 5.16. The number of benzene rings is 2. The number of amides is 1. The number of fused-ring (bicyclic) bond motifs is 1. The lowest BCUT2D eigenvalue weighted by Crippen LogP contribution is -2.32. The highest BCUT2D eigenvalue weighted by Gasteiger charge is 2.25. The molecule has 4 aromatic rings. The second-order valence-corrected chi connectivity index (χ2v) is 8.34. The van der Waals surface area contributed by atoms with Crippen molar-refractivity contribution in [2.45, 2.75) is 39.7 Å². The second-order valence-electron chi connectivity index (χ2n) is 8.34. The molecule has 180 valence electrons.